The molecule has 1 aromatic carbocycles. The second-order valence-electron chi connectivity index (χ2n) is 13.7. The van der Waals surface area contributed by atoms with E-state index in [9.17, 15) is 10.1 Å². The zero-order chi connectivity index (χ0) is 30.1. The van der Waals surface area contributed by atoms with Crippen molar-refractivity contribution in [1.82, 2.24) is 25.1 Å². The summed E-state index contributed by atoms with van der Waals surface area (Å²) in [4.78, 5) is 26.0. The molecule has 2 saturated heterocycles. The summed E-state index contributed by atoms with van der Waals surface area (Å²) in [5.41, 5.74) is 1.68. The van der Waals surface area contributed by atoms with E-state index in [2.05, 4.69) is 27.0 Å². The lowest BCUT2D eigenvalue weighted by Crippen LogP contribution is -2.62. The van der Waals surface area contributed by atoms with Gasteiger partial charge in [-0.3, -0.25) is 0 Å². The summed E-state index contributed by atoms with van der Waals surface area (Å²) in [6.07, 6.45) is 9.97. The molecule has 3 heterocycles. The third kappa shape index (κ3) is 6.19. The summed E-state index contributed by atoms with van der Waals surface area (Å²) >= 11 is 6.32. The summed E-state index contributed by atoms with van der Waals surface area (Å²) in [5.74, 6) is 3.25. The Kier molecular flexibility index (Phi) is 8.54. The standard InChI is InChI=1S/C33H43ClN8O2/c34-28-4-2-1-3-23(28)19-36-31-37-20-26(18-35)30(40-31)38-21-33-15-22-13-24(16-33)29(25(14-22)17-33)39-27-5-7-41(8-6-27)32(43)42-9-11-44-12-10-42/h1-4,20,22,24-25,27,29,39H,5-17,19,21H2,(H2,36,37,38,40)/t22?,24-,25+,29?,33?. The molecular weight excluding hydrogens is 576 g/mol. The fourth-order valence-electron chi connectivity index (χ4n) is 8.92. The van der Waals surface area contributed by atoms with Crippen LogP contribution in [-0.4, -0.2) is 83.8 Å². The van der Waals surface area contributed by atoms with Gasteiger partial charge in [0.25, 0.3) is 0 Å². The molecule has 2 aromatic rings. The molecule has 11 heteroatoms. The van der Waals surface area contributed by atoms with Gasteiger partial charge < -0.3 is 30.5 Å². The molecule has 3 unspecified atom stereocenters. The first-order chi connectivity index (χ1) is 21.5. The average Bonchev–Trinajstić information content (AvgIpc) is 3.05. The number of halogens is 1. The molecule has 3 N–H and O–H groups in total. The van der Waals surface area contributed by atoms with Crippen LogP contribution < -0.4 is 16.0 Å². The van der Waals surface area contributed by atoms with Gasteiger partial charge in [-0.15, -0.1) is 0 Å². The van der Waals surface area contributed by atoms with E-state index < -0.39 is 0 Å². The average molecular weight is 619 g/mol. The number of anilines is 2. The first-order valence-electron chi connectivity index (χ1n) is 16.3. The quantitative estimate of drug-likeness (QED) is 0.389. The summed E-state index contributed by atoms with van der Waals surface area (Å²) < 4.78 is 5.42. The molecule has 2 amide bonds. The van der Waals surface area contributed by atoms with Gasteiger partial charge in [-0.05, 0) is 79.7 Å². The lowest BCUT2D eigenvalue weighted by Gasteiger charge is -2.61. The van der Waals surface area contributed by atoms with Crippen molar-refractivity contribution >= 4 is 29.4 Å². The van der Waals surface area contributed by atoms with E-state index in [1.807, 2.05) is 34.1 Å². The second-order valence-corrected chi connectivity index (χ2v) is 14.1. The van der Waals surface area contributed by atoms with Crippen molar-refractivity contribution in [3.63, 3.8) is 0 Å². The predicted molar refractivity (Wildman–Crippen MR) is 169 cm³/mol. The molecule has 234 valence electrons. The molecule has 4 bridgehead atoms. The van der Waals surface area contributed by atoms with Gasteiger partial charge in [-0.1, -0.05) is 29.8 Å². The first-order valence-corrected chi connectivity index (χ1v) is 16.7. The highest BCUT2D eigenvalue weighted by Crippen LogP contribution is 2.60. The fraction of sp³-hybridized carbons (Fsp3) is 0.636. The van der Waals surface area contributed by atoms with Crippen molar-refractivity contribution in [1.29, 1.82) is 5.26 Å². The minimum atomic E-state index is 0.183. The number of amides is 2. The fourth-order valence-corrected chi connectivity index (χ4v) is 9.12. The normalized spacial score (nSPS) is 29.8. The van der Waals surface area contributed by atoms with Crippen LogP contribution in [0.1, 0.15) is 56.1 Å². The number of hydrogen-bond donors (Lipinski definition) is 3. The van der Waals surface area contributed by atoms with Crippen LogP contribution in [0.3, 0.4) is 0 Å². The van der Waals surface area contributed by atoms with Gasteiger partial charge in [-0.25, -0.2) is 9.78 Å². The Morgan fingerprint density at radius 1 is 1.05 bits per heavy atom. The number of nitriles is 1. The number of hydrogen-bond acceptors (Lipinski definition) is 8. The lowest BCUT2D eigenvalue weighted by atomic mass is 9.48. The van der Waals surface area contributed by atoms with E-state index in [4.69, 9.17) is 21.3 Å². The van der Waals surface area contributed by atoms with E-state index in [0.29, 0.717) is 79.1 Å². The van der Waals surface area contributed by atoms with Crippen molar-refractivity contribution in [3.05, 3.63) is 46.6 Å². The second kappa shape index (κ2) is 12.7. The Bertz CT molecular complexity index is 1370. The van der Waals surface area contributed by atoms with Gasteiger partial charge in [0.15, 0.2) is 0 Å². The Morgan fingerprint density at radius 2 is 1.77 bits per heavy atom. The molecule has 4 aliphatic carbocycles. The lowest BCUT2D eigenvalue weighted by molar-refractivity contribution is -0.0733. The van der Waals surface area contributed by atoms with Crippen molar-refractivity contribution in [2.24, 2.45) is 23.2 Å². The molecule has 10 nitrogen and oxygen atoms in total. The molecule has 6 aliphatic rings. The highest BCUT2D eigenvalue weighted by Gasteiger charge is 2.55. The predicted octanol–water partition coefficient (Wildman–Crippen LogP) is 4.73. The number of morpholine rings is 1. The summed E-state index contributed by atoms with van der Waals surface area (Å²) in [6.45, 7) is 5.72. The minimum absolute atomic E-state index is 0.183. The van der Waals surface area contributed by atoms with Crippen molar-refractivity contribution < 1.29 is 9.53 Å². The Hall–Kier alpha value is -3.13. The SMILES string of the molecule is N#Cc1cnc(NCc2ccccc2Cl)nc1NCC12CC3C[C@H](C1)C(NC1CCN(C(=O)N4CCOCC4)CC1)[C@@H](C3)C2. The van der Waals surface area contributed by atoms with Crippen LogP contribution in [0.15, 0.2) is 30.5 Å². The number of nitrogens with one attached hydrogen (secondary N) is 3. The molecule has 1 aromatic heterocycles. The van der Waals surface area contributed by atoms with Crippen LogP contribution in [-0.2, 0) is 11.3 Å². The third-order valence-corrected chi connectivity index (χ3v) is 11.2. The number of benzene rings is 1. The highest BCUT2D eigenvalue weighted by molar-refractivity contribution is 6.31. The number of carbonyl (C=O) groups excluding carboxylic acids is 1. The molecule has 5 atom stereocenters. The van der Waals surface area contributed by atoms with Gasteiger partial charge in [-0.2, -0.15) is 10.2 Å². The van der Waals surface area contributed by atoms with Crippen LogP contribution in [0, 0.1) is 34.5 Å². The number of nitrogens with zero attached hydrogens (tertiary/aromatic N) is 5. The molecule has 2 aliphatic heterocycles. The summed E-state index contributed by atoms with van der Waals surface area (Å²) in [7, 11) is 0. The van der Waals surface area contributed by atoms with Crippen molar-refractivity contribution in [2.45, 2.75) is 63.6 Å². The van der Waals surface area contributed by atoms with Gasteiger partial charge in [0.2, 0.25) is 5.95 Å². The Labute approximate surface area is 264 Å². The largest absolute Gasteiger partial charge is 0.378 e. The Morgan fingerprint density at radius 3 is 2.50 bits per heavy atom. The van der Waals surface area contributed by atoms with E-state index in [0.717, 1.165) is 44.0 Å². The van der Waals surface area contributed by atoms with Crippen LogP contribution in [0.2, 0.25) is 5.02 Å². The minimum Gasteiger partial charge on any atom is -0.378 e. The molecule has 8 rings (SSSR count). The van der Waals surface area contributed by atoms with E-state index in [1.165, 1.54) is 32.1 Å². The van der Waals surface area contributed by atoms with Crippen LogP contribution in [0.5, 0.6) is 0 Å². The molecule has 44 heavy (non-hydrogen) atoms. The number of carbonyl (C=O) groups is 1. The molecule has 6 fully saturated rings. The van der Waals surface area contributed by atoms with Crippen LogP contribution in [0.25, 0.3) is 0 Å². The number of rotatable bonds is 8. The number of likely N-dealkylation sites (tertiary alicyclic amines) is 1. The van der Waals surface area contributed by atoms with Gasteiger partial charge >= 0.3 is 6.03 Å². The number of ether oxygens (including phenoxy) is 1. The summed E-state index contributed by atoms with van der Waals surface area (Å²) in [5, 5.41) is 21.5. The topological polar surface area (TPSA) is 118 Å². The summed E-state index contributed by atoms with van der Waals surface area (Å²) in [6, 6.07) is 11.2. The number of piperidine rings is 1. The first kappa shape index (κ1) is 29.6. The number of aromatic nitrogens is 2. The van der Waals surface area contributed by atoms with Gasteiger partial charge in [0.05, 0.1) is 19.4 Å². The third-order valence-electron chi connectivity index (χ3n) is 10.8. The Balaban J connectivity index is 0.943. The molecular formula is C33H43ClN8O2. The van der Waals surface area contributed by atoms with Crippen molar-refractivity contribution in [3.8, 4) is 6.07 Å². The number of urea groups is 1. The smallest absolute Gasteiger partial charge is 0.320 e. The molecule has 0 spiro atoms. The zero-order valence-electron chi connectivity index (χ0n) is 25.3. The van der Waals surface area contributed by atoms with Crippen LogP contribution in [0.4, 0.5) is 16.6 Å². The highest BCUT2D eigenvalue weighted by atomic mass is 35.5. The van der Waals surface area contributed by atoms with Crippen LogP contribution >= 0.6 is 11.6 Å². The maximum atomic E-state index is 12.9. The van der Waals surface area contributed by atoms with E-state index in [1.54, 1.807) is 6.20 Å². The van der Waals surface area contributed by atoms with Gasteiger partial charge in [0.1, 0.15) is 17.5 Å². The van der Waals surface area contributed by atoms with Gasteiger partial charge in [0, 0.05) is 56.4 Å². The maximum absolute atomic E-state index is 12.9. The molecule has 4 saturated carbocycles. The monoisotopic (exact) mass is 618 g/mol. The zero-order valence-corrected chi connectivity index (χ0v) is 26.1. The van der Waals surface area contributed by atoms with E-state index in [-0.39, 0.29) is 11.4 Å². The van der Waals surface area contributed by atoms with Crippen molar-refractivity contribution in [2.75, 3.05) is 56.6 Å². The van der Waals surface area contributed by atoms with E-state index >= 15 is 0 Å². The molecule has 0 radical (unpaired) electrons. The maximum Gasteiger partial charge on any atom is 0.320 e.